The summed E-state index contributed by atoms with van der Waals surface area (Å²) < 4.78 is 7.26. The van der Waals surface area contributed by atoms with Gasteiger partial charge in [-0.1, -0.05) is 36.4 Å². The number of hydrogen-bond acceptors (Lipinski definition) is 5. The molecule has 0 fully saturated rings. The summed E-state index contributed by atoms with van der Waals surface area (Å²) in [5.74, 6) is 0.456. The molecule has 148 valence electrons. The summed E-state index contributed by atoms with van der Waals surface area (Å²) in [5.41, 5.74) is 1.23. The van der Waals surface area contributed by atoms with Crippen LogP contribution < -0.4 is 10.3 Å². The zero-order valence-corrected chi connectivity index (χ0v) is 16.8. The number of hydrogen-bond donors (Lipinski definition) is 0. The number of benzene rings is 2. The predicted octanol–water partition coefficient (Wildman–Crippen LogP) is 4.79. The lowest BCUT2D eigenvalue weighted by Gasteiger charge is -2.11. The third-order valence-electron chi connectivity index (χ3n) is 4.39. The molecule has 0 bridgehead atoms. The van der Waals surface area contributed by atoms with E-state index in [1.165, 1.54) is 23.0 Å². The average Bonchev–Trinajstić information content (AvgIpc) is 3.30. The predicted molar refractivity (Wildman–Crippen MR) is 120 cm³/mol. The van der Waals surface area contributed by atoms with Crippen molar-refractivity contribution in [1.82, 2.24) is 9.55 Å². The number of aromatic nitrogens is 2. The Morgan fingerprint density at radius 1 is 1.00 bits per heavy atom. The lowest BCUT2D eigenvalue weighted by atomic mass is 10.1. The first kappa shape index (κ1) is 19.5. The van der Waals surface area contributed by atoms with Gasteiger partial charge in [0.15, 0.2) is 12.5 Å². The SMILES string of the molecule is O=C(/C=C/c1cccs1)/C=C/c1ccccc1OCn1cnc2ccccc2c1=O. The third-order valence-corrected chi connectivity index (χ3v) is 5.23. The van der Waals surface area contributed by atoms with Crippen LogP contribution in [0.4, 0.5) is 0 Å². The number of carbonyl (C=O) groups excluding carboxylic acids is 1. The number of ketones is 1. The standard InChI is InChI=1S/C24H18N2O3S/c27-19(13-14-20-7-5-15-30-20)12-11-18-6-1-4-10-23(18)29-17-26-16-25-22-9-3-2-8-21(22)24(26)28/h1-16H,17H2/b12-11+,14-13+. The van der Waals surface area contributed by atoms with Crippen LogP contribution in [0.3, 0.4) is 0 Å². The zero-order valence-electron chi connectivity index (χ0n) is 16.0. The maximum Gasteiger partial charge on any atom is 0.263 e. The van der Waals surface area contributed by atoms with Crippen LogP contribution in [0.2, 0.25) is 0 Å². The lowest BCUT2D eigenvalue weighted by Crippen LogP contribution is -2.23. The summed E-state index contributed by atoms with van der Waals surface area (Å²) in [6.07, 6.45) is 8.00. The second kappa shape index (κ2) is 9.15. The van der Waals surface area contributed by atoms with Crippen LogP contribution in [-0.4, -0.2) is 15.3 Å². The average molecular weight is 414 g/mol. The number of para-hydroxylation sites is 2. The van der Waals surface area contributed by atoms with Gasteiger partial charge in [-0.25, -0.2) is 4.98 Å². The van der Waals surface area contributed by atoms with Crippen LogP contribution in [0.15, 0.2) is 89.3 Å². The zero-order chi connectivity index (χ0) is 20.8. The van der Waals surface area contributed by atoms with E-state index in [1.807, 2.05) is 41.8 Å². The first-order valence-electron chi connectivity index (χ1n) is 9.30. The van der Waals surface area contributed by atoms with Crippen molar-refractivity contribution in [3.63, 3.8) is 0 Å². The maximum absolute atomic E-state index is 12.6. The van der Waals surface area contributed by atoms with E-state index in [1.54, 1.807) is 47.8 Å². The molecule has 2 heterocycles. The highest BCUT2D eigenvalue weighted by molar-refractivity contribution is 7.10. The van der Waals surface area contributed by atoms with Gasteiger partial charge in [-0.2, -0.15) is 0 Å². The molecule has 30 heavy (non-hydrogen) atoms. The van der Waals surface area contributed by atoms with Gasteiger partial charge in [-0.15, -0.1) is 11.3 Å². The summed E-state index contributed by atoms with van der Waals surface area (Å²) in [6, 6.07) is 18.4. The number of ether oxygens (including phenoxy) is 1. The number of thiophene rings is 1. The molecule has 0 aliphatic heterocycles. The number of fused-ring (bicyclic) bond motifs is 1. The molecule has 0 radical (unpaired) electrons. The molecule has 5 nitrogen and oxygen atoms in total. The number of nitrogens with zero attached hydrogens (tertiary/aromatic N) is 2. The molecule has 0 amide bonds. The highest BCUT2D eigenvalue weighted by Crippen LogP contribution is 2.20. The molecule has 0 saturated carbocycles. The fourth-order valence-electron chi connectivity index (χ4n) is 2.86. The van der Waals surface area contributed by atoms with Crippen molar-refractivity contribution in [2.24, 2.45) is 0 Å². The van der Waals surface area contributed by atoms with E-state index in [4.69, 9.17) is 4.74 Å². The molecule has 0 saturated heterocycles. The van der Waals surface area contributed by atoms with Gasteiger partial charge in [0.25, 0.3) is 5.56 Å². The quantitative estimate of drug-likeness (QED) is 0.408. The number of rotatable bonds is 7. The van der Waals surface area contributed by atoms with Gasteiger partial charge >= 0.3 is 0 Å². The molecule has 2 aromatic heterocycles. The summed E-state index contributed by atoms with van der Waals surface area (Å²) in [5, 5.41) is 2.50. The van der Waals surface area contributed by atoms with Crippen molar-refractivity contribution in [3.05, 3.63) is 105 Å². The molecule has 0 atom stereocenters. The molecule has 2 aromatic carbocycles. The first-order chi connectivity index (χ1) is 14.7. The van der Waals surface area contributed by atoms with Crippen LogP contribution in [0.5, 0.6) is 5.75 Å². The van der Waals surface area contributed by atoms with Crippen LogP contribution in [0, 0.1) is 0 Å². The Balaban J connectivity index is 1.48. The van der Waals surface area contributed by atoms with Gasteiger partial charge < -0.3 is 4.74 Å². The van der Waals surface area contributed by atoms with Crippen molar-refractivity contribution in [2.45, 2.75) is 6.73 Å². The molecular weight excluding hydrogens is 396 g/mol. The largest absolute Gasteiger partial charge is 0.472 e. The van der Waals surface area contributed by atoms with Gasteiger partial charge in [0.05, 0.1) is 10.9 Å². The van der Waals surface area contributed by atoms with Crippen LogP contribution in [0.1, 0.15) is 10.4 Å². The Labute approximate surface area is 177 Å². The van der Waals surface area contributed by atoms with E-state index in [2.05, 4.69) is 4.98 Å². The summed E-state index contributed by atoms with van der Waals surface area (Å²) >= 11 is 1.57. The normalized spacial score (nSPS) is 11.5. The molecule has 0 N–H and O–H groups in total. The Hall–Kier alpha value is -3.77. The molecule has 0 unspecified atom stereocenters. The van der Waals surface area contributed by atoms with E-state index < -0.39 is 0 Å². The Bertz CT molecular complexity index is 1290. The monoisotopic (exact) mass is 414 g/mol. The number of carbonyl (C=O) groups is 1. The molecule has 6 heteroatoms. The smallest absolute Gasteiger partial charge is 0.263 e. The van der Waals surface area contributed by atoms with E-state index in [-0.39, 0.29) is 18.1 Å². The highest BCUT2D eigenvalue weighted by atomic mass is 32.1. The molecule has 0 aliphatic rings. The molecule has 0 spiro atoms. The second-order valence-corrected chi connectivity index (χ2v) is 7.41. The van der Waals surface area contributed by atoms with Gasteiger partial charge in [0.2, 0.25) is 0 Å². The molecule has 0 aliphatic carbocycles. The van der Waals surface area contributed by atoms with E-state index in [0.717, 1.165) is 10.4 Å². The van der Waals surface area contributed by atoms with E-state index in [0.29, 0.717) is 16.7 Å². The fraction of sp³-hybridized carbons (Fsp3) is 0.0417. The van der Waals surface area contributed by atoms with Crippen LogP contribution >= 0.6 is 11.3 Å². The Morgan fingerprint density at radius 2 is 1.80 bits per heavy atom. The lowest BCUT2D eigenvalue weighted by molar-refractivity contribution is -0.110. The van der Waals surface area contributed by atoms with Crippen molar-refractivity contribution in [3.8, 4) is 5.75 Å². The third kappa shape index (κ3) is 4.61. The first-order valence-corrected chi connectivity index (χ1v) is 10.2. The maximum atomic E-state index is 12.6. The minimum atomic E-state index is -0.164. The summed E-state index contributed by atoms with van der Waals surface area (Å²) in [6.45, 7) is 0.0216. The fourth-order valence-corrected chi connectivity index (χ4v) is 3.48. The Morgan fingerprint density at radius 3 is 2.67 bits per heavy atom. The minimum Gasteiger partial charge on any atom is -0.472 e. The van der Waals surface area contributed by atoms with Crippen LogP contribution in [-0.2, 0) is 11.5 Å². The van der Waals surface area contributed by atoms with E-state index >= 15 is 0 Å². The molecular formula is C24H18N2O3S. The summed E-state index contributed by atoms with van der Waals surface area (Å²) in [4.78, 5) is 30.0. The van der Waals surface area contributed by atoms with Crippen molar-refractivity contribution < 1.29 is 9.53 Å². The summed E-state index contributed by atoms with van der Waals surface area (Å²) in [7, 11) is 0. The van der Waals surface area contributed by atoms with Gasteiger partial charge in [0, 0.05) is 10.4 Å². The number of allylic oxidation sites excluding steroid dienone is 2. The minimum absolute atomic E-state index is 0.0216. The molecule has 4 aromatic rings. The van der Waals surface area contributed by atoms with Crippen molar-refractivity contribution in [1.29, 1.82) is 0 Å². The van der Waals surface area contributed by atoms with Gasteiger partial charge in [-0.3, -0.25) is 14.2 Å². The van der Waals surface area contributed by atoms with Gasteiger partial charge in [0.1, 0.15) is 12.1 Å². The van der Waals surface area contributed by atoms with Crippen molar-refractivity contribution in [2.75, 3.05) is 0 Å². The Kier molecular flexibility index (Phi) is 5.96. The topological polar surface area (TPSA) is 61.2 Å². The van der Waals surface area contributed by atoms with Gasteiger partial charge in [-0.05, 0) is 53.9 Å². The molecule has 4 rings (SSSR count). The highest BCUT2D eigenvalue weighted by Gasteiger charge is 2.05. The second-order valence-electron chi connectivity index (χ2n) is 6.43. The van der Waals surface area contributed by atoms with E-state index in [9.17, 15) is 9.59 Å². The van der Waals surface area contributed by atoms with Crippen LogP contribution in [0.25, 0.3) is 23.1 Å². The van der Waals surface area contributed by atoms with Crippen molar-refractivity contribution >= 4 is 40.2 Å².